The Kier molecular flexibility index (Phi) is 5.20. The van der Waals surface area contributed by atoms with Crippen LogP contribution in [0.1, 0.15) is 35.8 Å². The number of carbonyl (C=O) groups excluding carboxylic acids is 1. The van der Waals surface area contributed by atoms with Crippen molar-refractivity contribution in [2.45, 2.75) is 46.1 Å². The maximum atomic E-state index is 12.0. The highest BCUT2D eigenvalue weighted by atomic mass is 16.3. The van der Waals surface area contributed by atoms with Crippen LogP contribution in [0, 0.1) is 13.8 Å². The maximum absolute atomic E-state index is 12.0. The summed E-state index contributed by atoms with van der Waals surface area (Å²) in [6.07, 6.45) is 3.84. The Hall–Kier alpha value is -2.03. The number of nitrogens with one attached hydrogen (secondary N) is 1. The highest BCUT2D eigenvalue weighted by Gasteiger charge is 2.09. The van der Waals surface area contributed by atoms with Gasteiger partial charge >= 0.3 is 0 Å². The Balaban J connectivity index is 1.79. The molecule has 1 N–H and O–H groups in total. The van der Waals surface area contributed by atoms with Gasteiger partial charge in [-0.15, -0.1) is 0 Å². The molecule has 0 aliphatic carbocycles. The maximum Gasteiger partial charge on any atom is 0.224 e. The average Bonchev–Trinajstić information content (AvgIpc) is 2.94. The van der Waals surface area contributed by atoms with Crippen molar-refractivity contribution in [2.75, 3.05) is 0 Å². The van der Waals surface area contributed by atoms with Crippen LogP contribution in [0.2, 0.25) is 0 Å². The first-order valence-electron chi connectivity index (χ1n) is 7.42. The quantitative estimate of drug-likeness (QED) is 0.881. The molecule has 0 fully saturated rings. The summed E-state index contributed by atoms with van der Waals surface area (Å²) >= 11 is 0. The number of hydrogen-bond donors (Lipinski definition) is 1. The number of aryl methyl sites for hydroxylation is 3. The smallest absolute Gasteiger partial charge is 0.224 e. The lowest BCUT2D eigenvalue weighted by molar-refractivity contribution is -0.121. The third-order valence-corrected chi connectivity index (χ3v) is 3.75. The monoisotopic (exact) mass is 285 g/mol. The summed E-state index contributed by atoms with van der Waals surface area (Å²) in [5, 5.41) is 3.04. The van der Waals surface area contributed by atoms with E-state index < -0.39 is 0 Å². The zero-order valence-corrected chi connectivity index (χ0v) is 13.0. The molecule has 21 heavy (non-hydrogen) atoms. The van der Waals surface area contributed by atoms with E-state index in [-0.39, 0.29) is 11.9 Å². The fraction of sp³-hybridized carbons (Fsp3) is 0.389. The van der Waals surface area contributed by atoms with Crippen LogP contribution < -0.4 is 5.32 Å². The molecule has 2 aromatic rings. The van der Waals surface area contributed by atoms with Crippen molar-refractivity contribution in [1.82, 2.24) is 5.32 Å². The molecule has 0 bridgehead atoms. The third-order valence-electron chi connectivity index (χ3n) is 3.75. The van der Waals surface area contributed by atoms with Crippen molar-refractivity contribution in [1.29, 1.82) is 0 Å². The van der Waals surface area contributed by atoms with Crippen LogP contribution in [0.15, 0.2) is 41.0 Å². The third kappa shape index (κ3) is 4.78. The van der Waals surface area contributed by atoms with Crippen molar-refractivity contribution < 1.29 is 9.21 Å². The minimum atomic E-state index is 0.0743. The van der Waals surface area contributed by atoms with Crippen LogP contribution in [-0.2, 0) is 17.6 Å². The van der Waals surface area contributed by atoms with Crippen LogP contribution in [0.5, 0.6) is 0 Å². The Bertz CT molecular complexity index is 587. The molecule has 3 nitrogen and oxygen atoms in total. The molecular formula is C18H23NO2. The highest BCUT2D eigenvalue weighted by molar-refractivity contribution is 5.78. The van der Waals surface area contributed by atoms with Gasteiger partial charge < -0.3 is 9.73 Å². The van der Waals surface area contributed by atoms with Gasteiger partial charge in [-0.1, -0.05) is 18.2 Å². The molecule has 0 saturated heterocycles. The molecule has 3 heteroatoms. The molecule has 1 amide bonds. The number of amides is 1. The molecule has 1 atom stereocenters. The van der Waals surface area contributed by atoms with Crippen molar-refractivity contribution in [2.24, 2.45) is 0 Å². The van der Waals surface area contributed by atoms with E-state index >= 15 is 0 Å². The Labute approximate surface area is 126 Å². The second-order valence-corrected chi connectivity index (χ2v) is 5.68. The van der Waals surface area contributed by atoms with E-state index in [0.717, 1.165) is 24.2 Å². The van der Waals surface area contributed by atoms with Crippen LogP contribution >= 0.6 is 0 Å². The number of carbonyl (C=O) groups is 1. The Morgan fingerprint density at radius 1 is 1.24 bits per heavy atom. The number of furan rings is 1. The number of hydrogen-bond acceptors (Lipinski definition) is 2. The van der Waals surface area contributed by atoms with E-state index in [0.29, 0.717) is 6.42 Å². The molecule has 0 aliphatic rings. The molecule has 1 heterocycles. The molecule has 0 radical (unpaired) electrons. The van der Waals surface area contributed by atoms with Crippen molar-refractivity contribution >= 4 is 5.91 Å². The average molecular weight is 285 g/mol. The Morgan fingerprint density at radius 3 is 2.71 bits per heavy atom. The van der Waals surface area contributed by atoms with Crippen molar-refractivity contribution in [3.63, 3.8) is 0 Å². The van der Waals surface area contributed by atoms with E-state index in [1.807, 2.05) is 25.1 Å². The van der Waals surface area contributed by atoms with E-state index in [9.17, 15) is 4.79 Å². The van der Waals surface area contributed by atoms with Crippen LogP contribution in [0.3, 0.4) is 0 Å². The van der Waals surface area contributed by atoms with Gasteiger partial charge in [-0.05, 0) is 56.0 Å². The highest BCUT2D eigenvalue weighted by Crippen LogP contribution is 2.11. The minimum Gasteiger partial charge on any atom is -0.469 e. The summed E-state index contributed by atoms with van der Waals surface area (Å²) in [6.45, 7) is 6.18. The zero-order chi connectivity index (χ0) is 15.2. The number of rotatable bonds is 6. The summed E-state index contributed by atoms with van der Waals surface area (Å²) in [5.74, 6) is 1.04. The fourth-order valence-corrected chi connectivity index (χ4v) is 2.31. The first-order chi connectivity index (χ1) is 10.0. The molecule has 2 rings (SSSR count). The first kappa shape index (κ1) is 15.4. The SMILES string of the molecule is Cc1ccc(CC(=O)NC(C)CCc2ccco2)cc1C. The summed E-state index contributed by atoms with van der Waals surface area (Å²) in [6, 6.07) is 10.2. The van der Waals surface area contributed by atoms with E-state index in [4.69, 9.17) is 4.42 Å². The van der Waals surface area contributed by atoms with Gasteiger partial charge in [-0.25, -0.2) is 0 Å². The van der Waals surface area contributed by atoms with Crippen LogP contribution in [0.4, 0.5) is 0 Å². The minimum absolute atomic E-state index is 0.0743. The van der Waals surface area contributed by atoms with Crippen molar-refractivity contribution in [3.8, 4) is 0 Å². The Morgan fingerprint density at radius 2 is 2.05 bits per heavy atom. The van der Waals surface area contributed by atoms with Gasteiger partial charge in [0, 0.05) is 12.5 Å². The van der Waals surface area contributed by atoms with Crippen LogP contribution in [-0.4, -0.2) is 11.9 Å². The van der Waals surface area contributed by atoms with Gasteiger partial charge in [0.1, 0.15) is 5.76 Å². The van der Waals surface area contributed by atoms with Crippen LogP contribution in [0.25, 0.3) is 0 Å². The van der Waals surface area contributed by atoms with E-state index in [1.165, 1.54) is 11.1 Å². The lowest BCUT2D eigenvalue weighted by Crippen LogP contribution is -2.34. The molecule has 1 aromatic carbocycles. The predicted molar refractivity (Wildman–Crippen MR) is 84.3 cm³/mol. The predicted octanol–water partition coefficient (Wildman–Crippen LogP) is 3.58. The second-order valence-electron chi connectivity index (χ2n) is 5.68. The van der Waals surface area contributed by atoms with Gasteiger partial charge in [0.25, 0.3) is 0 Å². The lowest BCUT2D eigenvalue weighted by Gasteiger charge is -2.13. The summed E-state index contributed by atoms with van der Waals surface area (Å²) < 4.78 is 5.30. The normalized spacial score (nSPS) is 12.1. The summed E-state index contributed by atoms with van der Waals surface area (Å²) in [5.41, 5.74) is 3.55. The largest absolute Gasteiger partial charge is 0.469 e. The molecule has 0 saturated carbocycles. The molecule has 1 aromatic heterocycles. The van der Waals surface area contributed by atoms with E-state index in [1.54, 1.807) is 6.26 Å². The fourth-order valence-electron chi connectivity index (χ4n) is 2.31. The summed E-state index contributed by atoms with van der Waals surface area (Å²) in [4.78, 5) is 12.0. The van der Waals surface area contributed by atoms with Gasteiger partial charge in [0.2, 0.25) is 5.91 Å². The van der Waals surface area contributed by atoms with Gasteiger partial charge in [-0.3, -0.25) is 4.79 Å². The zero-order valence-electron chi connectivity index (χ0n) is 13.0. The van der Waals surface area contributed by atoms with Gasteiger partial charge in [0.15, 0.2) is 0 Å². The van der Waals surface area contributed by atoms with E-state index in [2.05, 4.69) is 31.3 Å². The number of benzene rings is 1. The summed E-state index contributed by atoms with van der Waals surface area (Å²) in [7, 11) is 0. The molecule has 1 unspecified atom stereocenters. The molecule has 0 aliphatic heterocycles. The standard InChI is InChI=1S/C18H23NO2/c1-13-6-8-16(11-14(13)2)12-18(20)19-15(3)7-9-17-5-4-10-21-17/h4-6,8,10-11,15H,7,9,12H2,1-3H3,(H,19,20). The first-order valence-corrected chi connectivity index (χ1v) is 7.42. The molecule has 0 spiro atoms. The molecular weight excluding hydrogens is 262 g/mol. The lowest BCUT2D eigenvalue weighted by atomic mass is 10.0. The topological polar surface area (TPSA) is 42.2 Å². The second kappa shape index (κ2) is 7.11. The van der Waals surface area contributed by atoms with Crippen molar-refractivity contribution in [3.05, 3.63) is 59.0 Å². The van der Waals surface area contributed by atoms with Gasteiger partial charge in [-0.2, -0.15) is 0 Å². The molecule has 112 valence electrons. The van der Waals surface area contributed by atoms with Gasteiger partial charge in [0.05, 0.1) is 12.7 Å².